The molecule has 1 N–H and O–H groups in total. The van der Waals surface area contributed by atoms with Crippen LogP contribution in [-0.2, 0) is 0 Å². The van der Waals surface area contributed by atoms with Crippen molar-refractivity contribution in [2.24, 2.45) is 5.41 Å². The molecular weight excluding hydrogens is 268 g/mol. The zero-order valence-electron chi connectivity index (χ0n) is 12.4. The summed E-state index contributed by atoms with van der Waals surface area (Å²) in [5, 5.41) is 9.34. The van der Waals surface area contributed by atoms with E-state index in [2.05, 4.69) is 4.90 Å². The molecular formula is C16H20N2O3. The summed E-state index contributed by atoms with van der Waals surface area (Å²) in [6.07, 6.45) is -0.236. The lowest BCUT2D eigenvalue weighted by Crippen LogP contribution is -2.55. The quantitative estimate of drug-likeness (QED) is 0.839. The summed E-state index contributed by atoms with van der Waals surface area (Å²) in [4.78, 5) is 28.2. The molecule has 1 aromatic carbocycles. The van der Waals surface area contributed by atoms with Crippen LogP contribution in [0.3, 0.4) is 0 Å². The predicted octanol–water partition coefficient (Wildman–Crippen LogP) is 0.985. The zero-order valence-corrected chi connectivity index (χ0v) is 12.4. The Balaban J connectivity index is 1.71. The van der Waals surface area contributed by atoms with Crippen molar-refractivity contribution >= 4 is 11.8 Å². The first-order chi connectivity index (χ1) is 9.87. The van der Waals surface area contributed by atoms with Crippen LogP contribution in [0.1, 0.15) is 34.6 Å². The number of carbonyl (C=O) groups is 2. The van der Waals surface area contributed by atoms with E-state index in [1.807, 2.05) is 13.8 Å². The molecule has 1 aromatic rings. The minimum Gasteiger partial charge on any atom is -0.390 e. The number of aliphatic hydroxyl groups excluding tert-OH is 1. The normalized spacial score (nSPS) is 19.9. The van der Waals surface area contributed by atoms with Gasteiger partial charge in [0, 0.05) is 26.2 Å². The first-order valence-electron chi connectivity index (χ1n) is 7.23. The van der Waals surface area contributed by atoms with Crippen LogP contribution in [-0.4, -0.2) is 59.0 Å². The summed E-state index contributed by atoms with van der Waals surface area (Å²) >= 11 is 0. The Morgan fingerprint density at radius 3 is 2.10 bits per heavy atom. The Morgan fingerprint density at radius 2 is 1.62 bits per heavy atom. The second kappa shape index (κ2) is 4.93. The molecule has 2 aliphatic heterocycles. The van der Waals surface area contributed by atoms with Crippen LogP contribution in [0.15, 0.2) is 24.3 Å². The van der Waals surface area contributed by atoms with Crippen LogP contribution in [0.2, 0.25) is 0 Å². The number of nitrogens with zero attached hydrogens (tertiary/aromatic N) is 2. The van der Waals surface area contributed by atoms with Crippen molar-refractivity contribution in [3.8, 4) is 0 Å². The predicted molar refractivity (Wildman–Crippen MR) is 78.0 cm³/mol. The summed E-state index contributed by atoms with van der Waals surface area (Å²) in [5.41, 5.74) is 0.795. The molecule has 0 saturated carbocycles. The molecule has 0 aliphatic carbocycles. The van der Waals surface area contributed by atoms with Crippen molar-refractivity contribution in [2.45, 2.75) is 20.0 Å². The number of β-amino-alcohol motifs (C(OH)–C–C–N with tert-alkyl or cyclic N) is 1. The van der Waals surface area contributed by atoms with Crippen LogP contribution in [0.25, 0.3) is 0 Å². The number of rotatable bonds is 4. The summed E-state index contributed by atoms with van der Waals surface area (Å²) in [5.74, 6) is -0.403. The fourth-order valence-corrected chi connectivity index (χ4v) is 3.14. The highest BCUT2D eigenvalue weighted by Crippen LogP contribution is 2.28. The van der Waals surface area contributed by atoms with E-state index in [1.54, 1.807) is 24.3 Å². The highest BCUT2D eigenvalue weighted by Gasteiger charge is 2.39. The van der Waals surface area contributed by atoms with E-state index in [1.165, 1.54) is 4.90 Å². The highest BCUT2D eigenvalue weighted by atomic mass is 16.3. The van der Waals surface area contributed by atoms with Crippen molar-refractivity contribution in [3.05, 3.63) is 35.4 Å². The summed E-state index contributed by atoms with van der Waals surface area (Å²) in [6, 6.07) is 6.96. The fraction of sp³-hybridized carbons (Fsp3) is 0.500. The second-order valence-electron chi connectivity index (χ2n) is 6.75. The molecule has 0 atom stereocenters. The Labute approximate surface area is 124 Å². The van der Waals surface area contributed by atoms with Gasteiger partial charge in [0.25, 0.3) is 11.8 Å². The summed E-state index contributed by atoms with van der Waals surface area (Å²) < 4.78 is 0. The number of hydrogen-bond acceptors (Lipinski definition) is 4. The lowest BCUT2D eigenvalue weighted by atomic mass is 9.90. The van der Waals surface area contributed by atoms with E-state index >= 15 is 0 Å². The van der Waals surface area contributed by atoms with Crippen LogP contribution >= 0.6 is 0 Å². The van der Waals surface area contributed by atoms with Gasteiger partial charge in [-0.15, -0.1) is 0 Å². The number of benzene rings is 1. The van der Waals surface area contributed by atoms with E-state index in [-0.39, 0.29) is 23.3 Å². The average Bonchev–Trinajstić information content (AvgIpc) is 2.62. The highest BCUT2D eigenvalue weighted by molar-refractivity contribution is 6.21. The SMILES string of the molecule is CC(C)(CN1CC(O)C1)CN1C(=O)c2ccccc2C1=O. The van der Waals surface area contributed by atoms with Crippen molar-refractivity contribution < 1.29 is 14.7 Å². The minimum absolute atomic E-state index is 0.201. The molecule has 3 rings (SSSR count). The molecule has 0 unspecified atom stereocenters. The van der Waals surface area contributed by atoms with Gasteiger partial charge in [-0.05, 0) is 17.5 Å². The third-order valence-electron chi connectivity index (χ3n) is 4.05. The maximum Gasteiger partial charge on any atom is 0.261 e. The third kappa shape index (κ3) is 2.59. The average molecular weight is 288 g/mol. The van der Waals surface area contributed by atoms with Crippen molar-refractivity contribution in [3.63, 3.8) is 0 Å². The molecule has 2 heterocycles. The van der Waals surface area contributed by atoms with Gasteiger partial charge < -0.3 is 5.11 Å². The van der Waals surface area contributed by atoms with Crippen LogP contribution < -0.4 is 0 Å². The largest absolute Gasteiger partial charge is 0.390 e. The molecule has 2 aliphatic rings. The van der Waals surface area contributed by atoms with Crippen molar-refractivity contribution in [2.75, 3.05) is 26.2 Å². The third-order valence-corrected chi connectivity index (χ3v) is 4.05. The molecule has 0 aromatic heterocycles. The van der Waals surface area contributed by atoms with Gasteiger partial charge in [0.05, 0.1) is 17.2 Å². The Bertz CT molecular complexity index is 556. The number of likely N-dealkylation sites (tertiary alicyclic amines) is 1. The van der Waals surface area contributed by atoms with E-state index in [0.717, 1.165) is 6.54 Å². The topological polar surface area (TPSA) is 60.9 Å². The first-order valence-corrected chi connectivity index (χ1v) is 7.23. The maximum absolute atomic E-state index is 12.4. The maximum atomic E-state index is 12.4. The smallest absolute Gasteiger partial charge is 0.261 e. The van der Waals surface area contributed by atoms with E-state index < -0.39 is 0 Å². The van der Waals surface area contributed by atoms with E-state index in [9.17, 15) is 14.7 Å². The summed E-state index contributed by atoms with van der Waals surface area (Å²) in [6.45, 7) is 6.59. The Morgan fingerprint density at radius 1 is 1.10 bits per heavy atom. The Hall–Kier alpha value is -1.72. The van der Waals surface area contributed by atoms with Crippen LogP contribution in [0, 0.1) is 5.41 Å². The molecule has 5 nitrogen and oxygen atoms in total. The molecule has 1 fully saturated rings. The molecule has 0 radical (unpaired) electrons. The fourth-order valence-electron chi connectivity index (χ4n) is 3.14. The van der Waals surface area contributed by atoms with Gasteiger partial charge in [-0.1, -0.05) is 26.0 Å². The number of carbonyl (C=O) groups excluding carboxylic acids is 2. The number of amides is 2. The first kappa shape index (κ1) is 14.2. The van der Waals surface area contributed by atoms with Gasteiger partial charge in [0.1, 0.15) is 0 Å². The van der Waals surface area contributed by atoms with E-state index in [0.29, 0.717) is 30.8 Å². The van der Waals surface area contributed by atoms with Crippen molar-refractivity contribution in [1.29, 1.82) is 0 Å². The zero-order chi connectivity index (χ0) is 15.2. The monoisotopic (exact) mass is 288 g/mol. The molecule has 5 heteroatoms. The number of hydrogen-bond donors (Lipinski definition) is 1. The second-order valence-corrected chi connectivity index (χ2v) is 6.75. The lowest BCUT2D eigenvalue weighted by molar-refractivity contribution is -0.0207. The summed E-state index contributed by atoms with van der Waals surface area (Å²) in [7, 11) is 0. The lowest BCUT2D eigenvalue weighted by Gasteiger charge is -2.41. The molecule has 112 valence electrons. The standard InChI is InChI=1S/C16H20N2O3/c1-16(2,9-17-7-11(19)8-17)10-18-14(20)12-5-3-4-6-13(12)15(18)21/h3-6,11,19H,7-10H2,1-2H3. The van der Waals surface area contributed by atoms with E-state index in [4.69, 9.17) is 0 Å². The molecule has 2 amide bonds. The Kier molecular flexibility index (Phi) is 3.34. The van der Waals surface area contributed by atoms with Gasteiger partial charge in [0.2, 0.25) is 0 Å². The van der Waals surface area contributed by atoms with Gasteiger partial charge >= 0.3 is 0 Å². The van der Waals surface area contributed by atoms with Crippen LogP contribution in [0.5, 0.6) is 0 Å². The molecule has 0 spiro atoms. The molecule has 0 bridgehead atoms. The number of fused-ring (bicyclic) bond motifs is 1. The van der Waals surface area contributed by atoms with Crippen LogP contribution in [0.4, 0.5) is 0 Å². The van der Waals surface area contributed by atoms with Crippen molar-refractivity contribution in [1.82, 2.24) is 9.80 Å². The minimum atomic E-state index is -0.236. The van der Waals surface area contributed by atoms with Gasteiger partial charge in [-0.3, -0.25) is 19.4 Å². The van der Waals surface area contributed by atoms with Gasteiger partial charge in [0.15, 0.2) is 0 Å². The number of aliphatic hydroxyl groups is 1. The van der Waals surface area contributed by atoms with Gasteiger partial charge in [-0.2, -0.15) is 0 Å². The van der Waals surface area contributed by atoms with Gasteiger partial charge in [-0.25, -0.2) is 0 Å². The molecule has 1 saturated heterocycles. The number of imide groups is 1. The molecule has 21 heavy (non-hydrogen) atoms.